The van der Waals surface area contributed by atoms with E-state index >= 15 is 0 Å². The number of hydrogen-bond donors (Lipinski definition) is 2. The van der Waals surface area contributed by atoms with Gasteiger partial charge in [-0.05, 0) is 116 Å². The average Bonchev–Trinajstić information content (AvgIpc) is 3.64. The Morgan fingerprint density at radius 3 is 0.885 bits per heavy atom. The number of nitrogens with two attached hydrogens (primary N) is 1. The van der Waals surface area contributed by atoms with Crippen LogP contribution in [0.25, 0.3) is 0 Å². The number of allylic oxidation sites excluding steroid dienone is 24. The first-order chi connectivity index (χ1) is 42.8. The minimum absolute atomic E-state index is 0.0481. The van der Waals surface area contributed by atoms with Gasteiger partial charge < -0.3 is 20.1 Å². The maximum atomic E-state index is 12.8. The third-order valence-corrected chi connectivity index (χ3v) is 15.7. The largest absolute Gasteiger partial charge is 0.472 e. The molecule has 2 atom stereocenters. The van der Waals surface area contributed by atoms with E-state index in [0.29, 0.717) is 6.42 Å². The number of carbonyl (C=O) groups excluding carboxylic acids is 2. The lowest BCUT2D eigenvalue weighted by atomic mass is 10.0. The van der Waals surface area contributed by atoms with Crippen molar-refractivity contribution in [2.45, 2.75) is 302 Å². The van der Waals surface area contributed by atoms with Gasteiger partial charge in [0.1, 0.15) is 6.61 Å². The minimum Gasteiger partial charge on any atom is -0.462 e. The van der Waals surface area contributed by atoms with Crippen LogP contribution in [-0.2, 0) is 32.7 Å². The Kier molecular flexibility index (Phi) is 67.6. The zero-order valence-electron chi connectivity index (χ0n) is 55.7. The van der Waals surface area contributed by atoms with Gasteiger partial charge in [0.15, 0.2) is 6.10 Å². The first-order valence-corrected chi connectivity index (χ1v) is 36.8. The van der Waals surface area contributed by atoms with Gasteiger partial charge in [-0.2, -0.15) is 0 Å². The van der Waals surface area contributed by atoms with Gasteiger partial charge in [0, 0.05) is 19.4 Å². The lowest BCUT2D eigenvalue weighted by Crippen LogP contribution is -2.29. The molecule has 0 fully saturated rings. The fourth-order valence-electron chi connectivity index (χ4n) is 9.59. The van der Waals surface area contributed by atoms with E-state index in [1.54, 1.807) is 0 Å². The quantitative estimate of drug-likeness (QED) is 0.0264. The van der Waals surface area contributed by atoms with E-state index in [-0.39, 0.29) is 38.6 Å². The van der Waals surface area contributed by atoms with Gasteiger partial charge in [0.05, 0.1) is 13.2 Å². The predicted molar refractivity (Wildman–Crippen MR) is 376 cm³/mol. The van der Waals surface area contributed by atoms with E-state index in [0.717, 1.165) is 116 Å². The summed E-state index contributed by atoms with van der Waals surface area (Å²) in [7, 11) is -4.40. The van der Waals surface area contributed by atoms with Crippen molar-refractivity contribution < 1.29 is 37.6 Å². The van der Waals surface area contributed by atoms with Crippen molar-refractivity contribution in [3.8, 4) is 0 Å². The van der Waals surface area contributed by atoms with Crippen molar-refractivity contribution in [2.75, 3.05) is 26.4 Å². The highest BCUT2D eigenvalue weighted by molar-refractivity contribution is 7.47. The molecule has 0 aliphatic heterocycles. The summed E-state index contributed by atoms with van der Waals surface area (Å²) in [5.74, 6) is -0.828. The lowest BCUT2D eigenvalue weighted by Gasteiger charge is -2.19. The first kappa shape index (κ1) is 82.9. The number of ether oxygens (including phenoxy) is 2. The molecule has 0 amide bonds. The zero-order valence-corrected chi connectivity index (χ0v) is 56.6. The molecule has 9 nitrogen and oxygen atoms in total. The molecule has 0 aliphatic rings. The summed E-state index contributed by atoms with van der Waals surface area (Å²) in [5, 5.41) is 0. The maximum absolute atomic E-state index is 12.8. The fourth-order valence-corrected chi connectivity index (χ4v) is 10.4. The van der Waals surface area contributed by atoms with E-state index in [4.69, 9.17) is 24.3 Å². The molecule has 0 spiro atoms. The molecule has 0 aromatic carbocycles. The molecule has 0 saturated heterocycles. The van der Waals surface area contributed by atoms with Crippen LogP contribution in [0.1, 0.15) is 296 Å². The average molecular weight is 1230 g/mol. The van der Waals surface area contributed by atoms with E-state index < -0.39 is 26.5 Å². The number of esters is 2. The zero-order chi connectivity index (χ0) is 63.0. The highest BCUT2D eigenvalue weighted by Gasteiger charge is 2.26. The highest BCUT2D eigenvalue weighted by atomic mass is 31.2. The second-order valence-corrected chi connectivity index (χ2v) is 24.4. The smallest absolute Gasteiger partial charge is 0.462 e. The Hall–Kier alpha value is -4.11. The number of unbranched alkanes of at least 4 members (excludes halogenated alkanes) is 28. The second kappa shape index (κ2) is 71.0. The van der Waals surface area contributed by atoms with Gasteiger partial charge in [-0.15, -0.1) is 0 Å². The monoisotopic (exact) mass is 1230 g/mol. The van der Waals surface area contributed by atoms with E-state index in [9.17, 15) is 19.0 Å². The van der Waals surface area contributed by atoms with Gasteiger partial charge >= 0.3 is 19.8 Å². The summed E-state index contributed by atoms with van der Waals surface area (Å²) in [6.45, 7) is 3.53. The van der Waals surface area contributed by atoms with E-state index in [2.05, 4.69) is 160 Å². The van der Waals surface area contributed by atoms with Crippen LogP contribution in [-0.4, -0.2) is 49.3 Å². The van der Waals surface area contributed by atoms with Crippen LogP contribution in [0.5, 0.6) is 0 Å². The second-order valence-electron chi connectivity index (χ2n) is 23.0. The van der Waals surface area contributed by atoms with Crippen molar-refractivity contribution in [3.05, 3.63) is 146 Å². The molecule has 0 heterocycles. The standard InChI is InChI=1S/C77H130NO8P/c1-3-5-7-9-11-13-15-17-19-21-23-25-27-29-31-33-35-36-37-38-40-42-44-46-48-50-52-54-56-58-60-62-64-66-68-70-77(80)86-75(74-85-87(81,82)84-72-71-78)73-83-76(79)69-67-65-63-61-59-57-55-53-51-49-47-45-43-41-39-34-32-30-28-26-24-22-20-18-16-14-12-10-8-6-4-2/h5-8,11-14,17-20,23-26,29-32,35-36,38,40,75H,3-4,9-10,15-16,21-22,27-28,33-34,37,39,41-74,78H2,1-2H3,(H,81,82)/b7-5-,8-6-,13-11-,14-12-,19-17-,20-18-,25-23-,26-24-,31-29-,32-30-,36-35-,40-38-. The van der Waals surface area contributed by atoms with Crippen molar-refractivity contribution in [1.29, 1.82) is 0 Å². The Morgan fingerprint density at radius 2 is 0.598 bits per heavy atom. The molecule has 10 heteroatoms. The van der Waals surface area contributed by atoms with Crippen LogP contribution in [0, 0.1) is 0 Å². The Balaban J connectivity index is 3.91. The molecule has 0 aromatic rings. The molecular weight excluding hydrogens is 1100 g/mol. The van der Waals surface area contributed by atoms with E-state index in [1.165, 1.54) is 148 Å². The van der Waals surface area contributed by atoms with Gasteiger partial charge in [-0.3, -0.25) is 18.6 Å². The fraction of sp³-hybridized carbons (Fsp3) is 0.662. The van der Waals surface area contributed by atoms with Crippen molar-refractivity contribution in [3.63, 3.8) is 0 Å². The van der Waals surface area contributed by atoms with Crippen LogP contribution < -0.4 is 5.73 Å². The minimum atomic E-state index is -4.40. The molecule has 496 valence electrons. The van der Waals surface area contributed by atoms with Crippen LogP contribution in [0.3, 0.4) is 0 Å². The molecule has 0 rings (SSSR count). The Bertz CT molecular complexity index is 1940. The molecule has 2 unspecified atom stereocenters. The number of carbonyl (C=O) groups is 2. The van der Waals surface area contributed by atoms with Crippen molar-refractivity contribution >= 4 is 19.8 Å². The summed E-state index contributed by atoms with van der Waals surface area (Å²) in [4.78, 5) is 35.4. The number of hydrogen-bond acceptors (Lipinski definition) is 8. The van der Waals surface area contributed by atoms with Crippen LogP contribution in [0.2, 0.25) is 0 Å². The Labute approximate surface area is 535 Å². The third kappa shape index (κ3) is 70.8. The topological polar surface area (TPSA) is 134 Å². The van der Waals surface area contributed by atoms with Gasteiger partial charge in [-0.1, -0.05) is 314 Å². The van der Waals surface area contributed by atoms with Gasteiger partial charge in [0.2, 0.25) is 0 Å². The summed E-state index contributed by atoms with van der Waals surface area (Å²) >= 11 is 0. The highest BCUT2D eigenvalue weighted by Crippen LogP contribution is 2.43. The van der Waals surface area contributed by atoms with Crippen LogP contribution in [0.4, 0.5) is 0 Å². The molecule has 0 saturated carbocycles. The lowest BCUT2D eigenvalue weighted by molar-refractivity contribution is -0.161. The molecule has 0 radical (unpaired) electrons. The summed E-state index contributed by atoms with van der Waals surface area (Å²) in [6, 6.07) is 0. The number of rotatable bonds is 65. The van der Waals surface area contributed by atoms with E-state index in [1.807, 2.05) is 0 Å². The van der Waals surface area contributed by atoms with Gasteiger partial charge in [-0.25, -0.2) is 4.57 Å². The number of phosphoric ester groups is 1. The summed E-state index contributed by atoms with van der Waals surface area (Å²) in [6.07, 6.45) is 102. The summed E-state index contributed by atoms with van der Waals surface area (Å²) < 4.78 is 33.2. The molecule has 3 N–H and O–H groups in total. The van der Waals surface area contributed by atoms with Crippen LogP contribution in [0.15, 0.2) is 146 Å². The molecule has 0 bridgehead atoms. The maximum Gasteiger partial charge on any atom is 0.472 e. The first-order valence-electron chi connectivity index (χ1n) is 35.3. The Morgan fingerprint density at radius 1 is 0.345 bits per heavy atom. The molecule has 0 aromatic heterocycles. The SMILES string of the molecule is CC/C=C\C/C=C\C/C=C\C/C=C\C/C=C\C/C=C\C/C=C\CCCCCCCCCCCCCCCC(=O)OC(COC(=O)CCCCCCCCCCCCCCCCC/C=C\C/C=C\C/C=C\C/C=C\C/C=C\CC)COP(=O)(O)OCCN. The van der Waals surface area contributed by atoms with Gasteiger partial charge in [0.25, 0.3) is 0 Å². The molecule has 87 heavy (non-hydrogen) atoms. The normalized spacial score (nSPS) is 13.8. The van der Waals surface area contributed by atoms with Crippen LogP contribution >= 0.6 is 7.82 Å². The molecule has 0 aliphatic carbocycles. The third-order valence-electron chi connectivity index (χ3n) is 14.7. The van der Waals surface area contributed by atoms with Crippen molar-refractivity contribution in [2.24, 2.45) is 5.73 Å². The number of phosphoric acid groups is 1. The summed E-state index contributed by atoms with van der Waals surface area (Å²) in [5.41, 5.74) is 5.40. The predicted octanol–water partition coefficient (Wildman–Crippen LogP) is 23.4. The molecular formula is C77H130NO8P. The van der Waals surface area contributed by atoms with Crippen molar-refractivity contribution in [1.82, 2.24) is 0 Å².